The molecule has 0 aliphatic carbocycles. The molecule has 14 nitrogen and oxygen atoms in total. The van der Waals surface area contributed by atoms with Gasteiger partial charge in [0.2, 0.25) is 0 Å². The number of aliphatic carboxylic acids is 1. The second kappa shape index (κ2) is 20.2. The number of anilines is 1. The molecule has 1 atom stereocenters. The maximum absolute atomic E-state index is 12.5. The minimum absolute atomic E-state index is 0.0929. The Morgan fingerprint density at radius 2 is 1.46 bits per heavy atom. The van der Waals surface area contributed by atoms with Gasteiger partial charge in [-0.05, 0) is 71.3 Å². The van der Waals surface area contributed by atoms with Crippen molar-refractivity contribution in [3.05, 3.63) is 131 Å². The van der Waals surface area contributed by atoms with E-state index < -0.39 is 28.0 Å². The number of carboxylic acids is 1. The van der Waals surface area contributed by atoms with E-state index in [2.05, 4.69) is 15.0 Å². The van der Waals surface area contributed by atoms with Crippen molar-refractivity contribution >= 4 is 51.4 Å². The molecule has 264 valence electrons. The van der Waals surface area contributed by atoms with Gasteiger partial charge in [-0.15, -0.1) is 0 Å². The summed E-state index contributed by atoms with van der Waals surface area (Å²) in [6.45, 7) is 0.440. The lowest BCUT2D eigenvalue weighted by molar-refractivity contribution is -0.139. The number of benzene rings is 4. The Kier molecular flexibility index (Phi) is 16.2. The van der Waals surface area contributed by atoms with Gasteiger partial charge in [0, 0.05) is 23.7 Å². The predicted octanol–water partition coefficient (Wildman–Crippen LogP) is 3.56. The number of hydrogen-bond acceptors (Lipinski definition) is 9. The largest absolute Gasteiger partial charge is 0.489 e. The van der Waals surface area contributed by atoms with Crippen molar-refractivity contribution in [2.24, 2.45) is 16.5 Å². The molecule has 15 heteroatoms. The number of carboxylic acid groups (broad SMARTS) is 1. The van der Waals surface area contributed by atoms with E-state index in [1.807, 2.05) is 42.5 Å². The molecule has 0 heterocycles. The van der Waals surface area contributed by atoms with Crippen molar-refractivity contribution in [3.8, 4) is 5.75 Å². The van der Waals surface area contributed by atoms with E-state index in [1.165, 1.54) is 25.3 Å². The monoisotopic (exact) mass is 705 g/mol. The second-order valence-corrected chi connectivity index (χ2v) is 11.8. The van der Waals surface area contributed by atoms with E-state index >= 15 is 0 Å². The fraction of sp³-hybridized carbons (Fsp3) is 0.143. The van der Waals surface area contributed by atoms with Crippen LogP contribution in [-0.4, -0.2) is 61.3 Å². The van der Waals surface area contributed by atoms with Crippen LogP contribution in [0.15, 0.2) is 114 Å². The summed E-state index contributed by atoms with van der Waals surface area (Å²) in [5.41, 5.74) is 20.4. The Morgan fingerprint density at radius 1 is 0.880 bits per heavy atom. The van der Waals surface area contributed by atoms with Gasteiger partial charge in [-0.1, -0.05) is 54.6 Å². The maximum atomic E-state index is 12.5. The normalized spacial score (nSPS) is 11.0. The number of nitrogens with zero attached hydrogens (tertiary/aromatic N) is 1. The predicted molar refractivity (Wildman–Crippen MR) is 191 cm³/mol. The number of amides is 1. The van der Waals surface area contributed by atoms with E-state index in [0.29, 0.717) is 35.6 Å². The third kappa shape index (κ3) is 17.1. The Hall–Kier alpha value is -6.19. The molecule has 0 saturated carbocycles. The van der Waals surface area contributed by atoms with Crippen molar-refractivity contribution < 1.29 is 41.9 Å². The van der Waals surface area contributed by atoms with Gasteiger partial charge in [0.05, 0.1) is 19.1 Å². The summed E-state index contributed by atoms with van der Waals surface area (Å²) in [6, 6.07) is 29.2. The molecule has 50 heavy (non-hydrogen) atoms. The van der Waals surface area contributed by atoms with Crippen LogP contribution in [0.4, 0.5) is 11.4 Å². The van der Waals surface area contributed by atoms with Gasteiger partial charge >= 0.3 is 11.9 Å². The Balaban J connectivity index is 0.000000396. The molecule has 4 aromatic carbocycles. The SMILES string of the molecule is COC(=O)C=Cc1ccc(N)cc1.CS(=O)(=O)O.NC(N)=Nc1ccc(C(=O)N[C@@H](Cc2ccc(OCc3ccccc3)cc2)C(=O)O)cc1. The number of hydrogen-bond donors (Lipinski definition) is 6. The first-order chi connectivity index (χ1) is 23.6. The molecule has 9 N–H and O–H groups in total. The molecule has 0 saturated heterocycles. The molecule has 1 amide bonds. The zero-order valence-electron chi connectivity index (χ0n) is 27.3. The Morgan fingerprint density at radius 3 is 1.98 bits per heavy atom. The third-order valence-electron chi connectivity index (χ3n) is 6.15. The minimum atomic E-state index is -3.67. The summed E-state index contributed by atoms with van der Waals surface area (Å²) in [5, 5.41) is 12.1. The zero-order chi connectivity index (χ0) is 37.1. The van der Waals surface area contributed by atoms with Gasteiger partial charge in [0.15, 0.2) is 5.96 Å². The van der Waals surface area contributed by atoms with E-state index in [-0.39, 0.29) is 18.3 Å². The van der Waals surface area contributed by atoms with Crippen LogP contribution in [0.2, 0.25) is 0 Å². The highest BCUT2D eigenvalue weighted by Gasteiger charge is 2.21. The van der Waals surface area contributed by atoms with Crippen LogP contribution in [0, 0.1) is 0 Å². The molecule has 0 unspecified atom stereocenters. The number of aliphatic imine (C=N–C) groups is 1. The number of nitrogens with two attached hydrogens (primary N) is 3. The maximum Gasteiger partial charge on any atom is 0.330 e. The lowest BCUT2D eigenvalue weighted by Crippen LogP contribution is -2.42. The van der Waals surface area contributed by atoms with E-state index in [4.69, 9.17) is 26.5 Å². The summed E-state index contributed by atoms with van der Waals surface area (Å²) in [6.07, 6.45) is 3.88. The zero-order valence-corrected chi connectivity index (χ0v) is 28.1. The average molecular weight is 706 g/mol. The van der Waals surface area contributed by atoms with Crippen LogP contribution in [-0.2, 0) is 37.5 Å². The van der Waals surface area contributed by atoms with Crippen molar-refractivity contribution in [2.75, 3.05) is 19.1 Å². The summed E-state index contributed by atoms with van der Waals surface area (Å²) >= 11 is 0. The molecular formula is C35H39N5O9S. The van der Waals surface area contributed by atoms with Gasteiger partial charge in [0.25, 0.3) is 16.0 Å². The molecule has 0 aliphatic rings. The number of nitrogens with one attached hydrogen (secondary N) is 1. The van der Waals surface area contributed by atoms with Crippen LogP contribution in [0.25, 0.3) is 6.08 Å². The van der Waals surface area contributed by atoms with Gasteiger partial charge in [-0.2, -0.15) is 8.42 Å². The molecule has 0 bridgehead atoms. The summed E-state index contributed by atoms with van der Waals surface area (Å²) in [4.78, 5) is 38.8. The average Bonchev–Trinajstić information content (AvgIpc) is 3.07. The van der Waals surface area contributed by atoms with E-state index in [1.54, 1.807) is 54.6 Å². The molecule has 0 aromatic heterocycles. The van der Waals surface area contributed by atoms with Crippen molar-refractivity contribution in [1.29, 1.82) is 0 Å². The number of methoxy groups -OCH3 is 1. The van der Waals surface area contributed by atoms with Crippen molar-refractivity contribution in [2.45, 2.75) is 19.1 Å². The number of esters is 1. The van der Waals surface area contributed by atoms with E-state index in [0.717, 1.165) is 16.7 Å². The van der Waals surface area contributed by atoms with Crippen LogP contribution >= 0.6 is 0 Å². The Bertz CT molecular complexity index is 1840. The Labute approximate surface area is 290 Å². The van der Waals surface area contributed by atoms with Crippen molar-refractivity contribution in [1.82, 2.24) is 5.32 Å². The highest BCUT2D eigenvalue weighted by atomic mass is 32.2. The highest BCUT2D eigenvalue weighted by molar-refractivity contribution is 7.85. The minimum Gasteiger partial charge on any atom is -0.489 e. The van der Waals surface area contributed by atoms with Gasteiger partial charge in [-0.3, -0.25) is 9.35 Å². The molecular weight excluding hydrogens is 666 g/mol. The third-order valence-corrected chi connectivity index (χ3v) is 6.15. The first-order valence-corrected chi connectivity index (χ1v) is 16.5. The topological polar surface area (TPSA) is 247 Å². The first-order valence-electron chi connectivity index (χ1n) is 14.7. The summed E-state index contributed by atoms with van der Waals surface area (Å²) < 4.78 is 36.1. The number of ether oxygens (including phenoxy) is 2. The summed E-state index contributed by atoms with van der Waals surface area (Å²) in [5.74, 6) is -1.41. The number of nitrogen functional groups attached to an aromatic ring is 1. The summed E-state index contributed by atoms with van der Waals surface area (Å²) in [7, 11) is -2.32. The van der Waals surface area contributed by atoms with Crippen LogP contribution in [0.3, 0.4) is 0 Å². The lowest BCUT2D eigenvalue weighted by Gasteiger charge is -2.15. The lowest BCUT2D eigenvalue weighted by atomic mass is 10.1. The highest BCUT2D eigenvalue weighted by Crippen LogP contribution is 2.17. The number of guanidine groups is 1. The standard InChI is InChI=1S/C24H24N4O4.C10H11NO2.CH4O3S/c25-24(26)27-19-10-8-18(9-11-19)22(29)28-21(23(30)31)14-16-6-12-20(13-7-16)32-15-17-4-2-1-3-5-17;1-13-10(12)7-4-8-2-5-9(11)6-3-8;1-5(2,3)4/h1-13,21H,14-15H2,(H,28,29)(H,30,31)(H4,25,26,27);2-7H,11H2,1H3;1H3,(H,2,3,4)/t21-;;/m0../s1. The first kappa shape index (κ1) is 40.0. The second-order valence-electron chi connectivity index (χ2n) is 10.3. The van der Waals surface area contributed by atoms with Gasteiger partial charge in [-0.25, -0.2) is 14.6 Å². The molecule has 4 aromatic rings. The number of carbonyl (C=O) groups excluding carboxylic acids is 2. The fourth-order valence-electron chi connectivity index (χ4n) is 3.82. The van der Waals surface area contributed by atoms with Crippen LogP contribution < -0.4 is 27.3 Å². The smallest absolute Gasteiger partial charge is 0.330 e. The van der Waals surface area contributed by atoms with Crippen molar-refractivity contribution in [3.63, 3.8) is 0 Å². The quantitative estimate of drug-likeness (QED) is 0.0328. The van der Waals surface area contributed by atoms with Gasteiger partial charge in [0.1, 0.15) is 18.4 Å². The van der Waals surface area contributed by atoms with Crippen LogP contribution in [0.1, 0.15) is 27.0 Å². The molecule has 0 fully saturated rings. The molecule has 0 aliphatic heterocycles. The van der Waals surface area contributed by atoms with Crippen LogP contribution in [0.5, 0.6) is 5.75 Å². The van der Waals surface area contributed by atoms with E-state index in [9.17, 15) is 27.9 Å². The fourth-order valence-corrected chi connectivity index (χ4v) is 3.82. The molecule has 0 radical (unpaired) electrons. The number of rotatable bonds is 11. The van der Waals surface area contributed by atoms with Gasteiger partial charge < -0.3 is 37.1 Å². The number of carbonyl (C=O) groups is 3. The molecule has 4 rings (SSSR count). The molecule has 0 spiro atoms.